The number of aliphatic hydroxyl groups is 1. The number of hydrogen-bond donors (Lipinski definition) is 2. The summed E-state index contributed by atoms with van der Waals surface area (Å²) in [5, 5.41) is 8.80. The summed E-state index contributed by atoms with van der Waals surface area (Å²) < 4.78 is 0. The highest BCUT2D eigenvalue weighted by atomic mass is 16.3. The van der Waals surface area contributed by atoms with Crippen molar-refractivity contribution in [1.82, 2.24) is 0 Å². The van der Waals surface area contributed by atoms with Gasteiger partial charge in [0.2, 0.25) is 0 Å². The zero-order chi connectivity index (χ0) is 9.84. The highest BCUT2D eigenvalue weighted by Crippen LogP contribution is 2.21. The molecule has 1 atom stereocenters. The molecule has 2 heteroatoms. The SMILES string of the molecule is Cc1cccc(C)c1[C@@H](N)CCO. The van der Waals surface area contributed by atoms with Gasteiger partial charge in [-0.1, -0.05) is 18.2 Å². The lowest BCUT2D eigenvalue weighted by Crippen LogP contribution is -2.14. The molecule has 0 radical (unpaired) electrons. The molecule has 0 aliphatic heterocycles. The van der Waals surface area contributed by atoms with Crippen LogP contribution >= 0.6 is 0 Å². The molecule has 0 heterocycles. The first-order valence-corrected chi connectivity index (χ1v) is 4.59. The van der Waals surface area contributed by atoms with Crippen molar-refractivity contribution in [3.05, 3.63) is 34.9 Å². The van der Waals surface area contributed by atoms with Crippen molar-refractivity contribution < 1.29 is 5.11 Å². The van der Waals surface area contributed by atoms with Crippen molar-refractivity contribution in [2.75, 3.05) is 6.61 Å². The molecule has 1 aromatic carbocycles. The summed E-state index contributed by atoms with van der Waals surface area (Å²) in [6, 6.07) is 6.10. The van der Waals surface area contributed by atoms with Gasteiger partial charge in [-0.05, 0) is 37.0 Å². The molecule has 1 aromatic rings. The van der Waals surface area contributed by atoms with Gasteiger partial charge in [0, 0.05) is 12.6 Å². The third-order valence-electron chi connectivity index (χ3n) is 2.35. The van der Waals surface area contributed by atoms with E-state index in [2.05, 4.69) is 26.0 Å². The predicted molar refractivity (Wildman–Crippen MR) is 54.5 cm³/mol. The number of benzene rings is 1. The fourth-order valence-corrected chi connectivity index (χ4v) is 1.70. The van der Waals surface area contributed by atoms with E-state index in [1.54, 1.807) is 0 Å². The van der Waals surface area contributed by atoms with E-state index >= 15 is 0 Å². The Balaban J connectivity index is 2.98. The highest BCUT2D eigenvalue weighted by Gasteiger charge is 2.10. The minimum Gasteiger partial charge on any atom is -0.396 e. The summed E-state index contributed by atoms with van der Waals surface area (Å²) in [5.74, 6) is 0. The second-order valence-corrected chi connectivity index (χ2v) is 3.42. The first-order chi connectivity index (χ1) is 6.16. The van der Waals surface area contributed by atoms with Crippen LogP contribution in [0.2, 0.25) is 0 Å². The van der Waals surface area contributed by atoms with E-state index in [1.165, 1.54) is 16.7 Å². The average Bonchev–Trinajstić information content (AvgIpc) is 2.04. The van der Waals surface area contributed by atoms with Gasteiger partial charge in [-0.25, -0.2) is 0 Å². The predicted octanol–water partition coefficient (Wildman–Crippen LogP) is 1.69. The molecule has 72 valence electrons. The Kier molecular flexibility index (Phi) is 3.46. The molecule has 0 aromatic heterocycles. The first-order valence-electron chi connectivity index (χ1n) is 4.59. The fourth-order valence-electron chi connectivity index (χ4n) is 1.70. The van der Waals surface area contributed by atoms with Crippen LogP contribution in [0.4, 0.5) is 0 Å². The van der Waals surface area contributed by atoms with Crippen LogP contribution in [0.5, 0.6) is 0 Å². The summed E-state index contributed by atoms with van der Waals surface area (Å²) in [5.41, 5.74) is 9.54. The normalized spacial score (nSPS) is 12.9. The van der Waals surface area contributed by atoms with E-state index in [1.807, 2.05) is 6.07 Å². The Hall–Kier alpha value is -0.860. The van der Waals surface area contributed by atoms with Gasteiger partial charge in [-0.3, -0.25) is 0 Å². The Bertz CT molecular complexity index is 263. The second kappa shape index (κ2) is 4.40. The quantitative estimate of drug-likeness (QED) is 0.741. The van der Waals surface area contributed by atoms with Crippen LogP contribution < -0.4 is 5.73 Å². The lowest BCUT2D eigenvalue weighted by atomic mass is 9.95. The smallest absolute Gasteiger partial charge is 0.0449 e. The zero-order valence-corrected chi connectivity index (χ0v) is 8.25. The van der Waals surface area contributed by atoms with Gasteiger partial charge < -0.3 is 10.8 Å². The third-order valence-corrected chi connectivity index (χ3v) is 2.35. The molecular weight excluding hydrogens is 162 g/mol. The molecule has 3 N–H and O–H groups in total. The van der Waals surface area contributed by atoms with Crippen LogP contribution in [0.3, 0.4) is 0 Å². The molecule has 0 fully saturated rings. The maximum atomic E-state index is 8.80. The van der Waals surface area contributed by atoms with Crippen LogP contribution in [-0.4, -0.2) is 11.7 Å². The Labute approximate surface area is 79.4 Å². The number of nitrogens with two attached hydrogens (primary N) is 1. The van der Waals surface area contributed by atoms with Crippen molar-refractivity contribution in [1.29, 1.82) is 0 Å². The molecule has 2 nitrogen and oxygen atoms in total. The van der Waals surface area contributed by atoms with Gasteiger partial charge in [0.25, 0.3) is 0 Å². The van der Waals surface area contributed by atoms with Gasteiger partial charge in [0.1, 0.15) is 0 Å². The van der Waals surface area contributed by atoms with Gasteiger partial charge in [0.15, 0.2) is 0 Å². The number of aryl methyl sites for hydroxylation is 2. The zero-order valence-electron chi connectivity index (χ0n) is 8.25. The van der Waals surface area contributed by atoms with Crippen molar-refractivity contribution in [2.24, 2.45) is 5.73 Å². The number of hydrogen-bond acceptors (Lipinski definition) is 2. The summed E-state index contributed by atoms with van der Waals surface area (Å²) in [7, 11) is 0. The molecule has 0 bridgehead atoms. The highest BCUT2D eigenvalue weighted by molar-refractivity contribution is 5.35. The third kappa shape index (κ3) is 2.29. The lowest BCUT2D eigenvalue weighted by Gasteiger charge is -2.16. The molecular formula is C11H17NO. The monoisotopic (exact) mass is 179 g/mol. The van der Waals surface area contributed by atoms with Gasteiger partial charge in [-0.2, -0.15) is 0 Å². The van der Waals surface area contributed by atoms with Gasteiger partial charge >= 0.3 is 0 Å². The van der Waals surface area contributed by atoms with Crippen molar-refractivity contribution in [3.8, 4) is 0 Å². The fraction of sp³-hybridized carbons (Fsp3) is 0.455. The van der Waals surface area contributed by atoms with Crippen LogP contribution in [0.15, 0.2) is 18.2 Å². The molecule has 0 saturated heterocycles. The molecule has 0 unspecified atom stereocenters. The molecule has 0 spiro atoms. The minimum absolute atomic E-state index is 0.0359. The first kappa shape index (κ1) is 10.2. The summed E-state index contributed by atoms with van der Waals surface area (Å²) in [6.45, 7) is 4.26. The minimum atomic E-state index is -0.0359. The van der Waals surface area contributed by atoms with Crippen LogP contribution in [0.25, 0.3) is 0 Å². The molecule has 0 saturated carbocycles. The number of rotatable bonds is 3. The van der Waals surface area contributed by atoms with E-state index in [9.17, 15) is 0 Å². The van der Waals surface area contributed by atoms with E-state index < -0.39 is 0 Å². The van der Waals surface area contributed by atoms with E-state index in [-0.39, 0.29) is 12.6 Å². The van der Waals surface area contributed by atoms with Crippen molar-refractivity contribution >= 4 is 0 Å². The van der Waals surface area contributed by atoms with Gasteiger partial charge in [0.05, 0.1) is 0 Å². The molecule has 13 heavy (non-hydrogen) atoms. The Morgan fingerprint density at radius 1 is 1.31 bits per heavy atom. The van der Waals surface area contributed by atoms with Crippen molar-refractivity contribution in [2.45, 2.75) is 26.3 Å². The Morgan fingerprint density at radius 3 is 2.31 bits per heavy atom. The van der Waals surface area contributed by atoms with Crippen LogP contribution in [-0.2, 0) is 0 Å². The molecule has 1 rings (SSSR count). The number of aliphatic hydroxyl groups excluding tert-OH is 1. The van der Waals surface area contributed by atoms with Crippen molar-refractivity contribution in [3.63, 3.8) is 0 Å². The second-order valence-electron chi connectivity index (χ2n) is 3.42. The standard InChI is InChI=1S/C11H17NO/c1-8-4-3-5-9(2)11(8)10(12)6-7-13/h3-5,10,13H,6-7,12H2,1-2H3/t10-/m0/s1. The lowest BCUT2D eigenvalue weighted by molar-refractivity contribution is 0.276. The summed E-state index contributed by atoms with van der Waals surface area (Å²) >= 11 is 0. The van der Waals surface area contributed by atoms with E-state index in [0.717, 1.165) is 0 Å². The van der Waals surface area contributed by atoms with Gasteiger partial charge in [-0.15, -0.1) is 0 Å². The Morgan fingerprint density at radius 2 is 1.85 bits per heavy atom. The van der Waals surface area contributed by atoms with E-state index in [0.29, 0.717) is 6.42 Å². The van der Waals surface area contributed by atoms with Crippen LogP contribution in [0, 0.1) is 13.8 Å². The topological polar surface area (TPSA) is 46.2 Å². The molecule has 0 amide bonds. The average molecular weight is 179 g/mol. The molecule has 0 aliphatic carbocycles. The van der Waals surface area contributed by atoms with Crippen LogP contribution in [0.1, 0.15) is 29.2 Å². The summed E-state index contributed by atoms with van der Waals surface area (Å²) in [6.07, 6.45) is 0.631. The van der Waals surface area contributed by atoms with E-state index in [4.69, 9.17) is 10.8 Å². The largest absolute Gasteiger partial charge is 0.396 e. The maximum absolute atomic E-state index is 8.80. The molecule has 0 aliphatic rings. The summed E-state index contributed by atoms with van der Waals surface area (Å²) in [4.78, 5) is 0. The maximum Gasteiger partial charge on any atom is 0.0449 e.